The summed E-state index contributed by atoms with van der Waals surface area (Å²) < 4.78 is 0. The minimum absolute atomic E-state index is 0.166. The summed E-state index contributed by atoms with van der Waals surface area (Å²) in [5.74, 6) is 1.21. The molecule has 2 nitrogen and oxygen atoms in total. The van der Waals surface area contributed by atoms with Crippen molar-refractivity contribution in [2.75, 3.05) is 6.54 Å². The number of rotatable bonds is 3. The van der Waals surface area contributed by atoms with Crippen molar-refractivity contribution in [2.24, 2.45) is 11.3 Å². The van der Waals surface area contributed by atoms with E-state index in [1.807, 2.05) is 0 Å². The number of carbonyl (C=O) groups excluding carboxylic acids is 1. The molecule has 1 aromatic carbocycles. The van der Waals surface area contributed by atoms with E-state index in [0.717, 1.165) is 6.54 Å². The van der Waals surface area contributed by atoms with E-state index < -0.39 is 0 Å². The average molecular weight is 346 g/mol. The number of hydrogen-bond donors (Lipinski definition) is 2. The number of hydrogen-bond acceptors (Lipinski definition) is 1. The first-order valence-electron chi connectivity index (χ1n) is 9.36. The molecule has 1 saturated carbocycles. The molecule has 0 saturated heterocycles. The Kier molecular flexibility index (Phi) is 4.76. The Bertz CT molecular complexity index is 641. The Morgan fingerprint density at radius 1 is 1.33 bits per heavy atom. The molecule has 2 aliphatic carbocycles. The predicted molar refractivity (Wildman–Crippen MR) is 104 cm³/mol. The van der Waals surface area contributed by atoms with Crippen LogP contribution in [0.2, 0.25) is 0 Å². The second kappa shape index (κ2) is 6.40. The smallest absolute Gasteiger partial charge is 0.275 e. The van der Waals surface area contributed by atoms with Crippen molar-refractivity contribution in [1.29, 1.82) is 0 Å². The lowest BCUT2D eigenvalue weighted by atomic mass is 9.49. The molecule has 0 spiro atoms. The molecule has 1 N–H and O–H groups in total. The normalized spacial score (nSPS) is 32.2. The maximum absolute atomic E-state index is 11.3. The Balaban J connectivity index is 1.95. The third-order valence-corrected chi connectivity index (χ3v) is 6.97. The summed E-state index contributed by atoms with van der Waals surface area (Å²) in [5, 5.41) is 2.77. The van der Waals surface area contributed by atoms with Crippen LogP contribution < -0.4 is 5.32 Å². The molecule has 3 rings (SSSR count). The van der Waals surface area contributed by atoms with Gasteiger partial charge in [0.25, 0.3) is 5.24 Å². The molecule has 1 aromatic rings. The number of nitrogens with one attached hydrogen (secondary N) is 1. The summed E-state index contributed by atoms with van der Waals surface area (Å²) in [5.41, 5.74) is 4.97. The zero-order valence-corrected chi connectivity index (χ0v) is 16.4. The van der Waals surface area contributed by atoms with Crippen LogP contribution >= 0.6 is 12.6 Å². The van der Waals surface area contributed by atoms with E-state index >= 15 is 0 Å². The number of amides is 1. The van der Waals surface area contributed by atoms with Gasteiger partial charge in [-0.05, 0) is 65.0 Å². The molecule has 0 aromatic heterocycles. The van der Waals surface area contributed by atoms with Gasteiger partial charge in [-0.3, -0.25) is 4.79 Å². The monoisotopic (exact) mass is 345 g/mol. The largest absolute Gasteiger partial charge is 0.347 e. The van der Waals surface area contributed by atoms with Crippen molar-refractivity contribution < 1.29 is 4.79 Å². The van der Waals surface area contributed by atoms with Crippen molar-refractivity contribution in [3.8, 4) is 0 Å². The topological polar surface area (TPSA) is 29.1 Å². The highest BCUT2D eigenvalue weighted by Crippen LogP contribution is 2.57. The summed E-state index contributed by atoms with van der Waals surface area (Å²) in [6.45, 7) is 10.1. The van der Waals surface area contributed by atoms with Gasteiger partial charge >= 0.3 is 0 Å². The van der Waals surface area contributed by atoms with E-state index in [1.54, 1.807) is 11.1 Å². The number of carbonyl (C=O) groups is 1. The number of thiol groups is 1. The van der Waals surface area contributed by atoms with Crippen molar-refractivity contribution in [2.45, 2.75) is 71.1 Å². The number of benzene rings is 1. The van der Waals surface area contributed by atoms with E-state index in [1.165, 1.54) is 37.7 Å². The van der Waals surface area contributed by atoms with Crippen LogP contribution in [0.15, 0.2) is 18.2 Å². The van der Waals surface area contributed by atoms with Crippen molar-refractivity contribution in [3.05, 3.63) is 34.9 Å². The fourth-order valence-electron chi connectivity index (χ4n) is 5.49. The van der Waals surface area contributed by atoms with Gasteiger partial charge in [0.15, 0.2) is 0 Å². The van der Waals surface area contributed by atoms with Crippen LogP contribution in [0.3, 0.4) is 0 Å². The molecule has 1 fully saturated rings. The van der Waals surface area contributed by atoms with Gasteiger partial charge in [0.1, 0.15) is 0 Å². The zero-order valence-electron chi connectivity index (χ0n) is 15.5. The van der Waals surface area contributed by atoms with E-state index in [-0.39, 0.29) is 16.1 Å². The first kappa shape index (κ1) is 17.8. The summed E-state index contributed by atoms with van der Waals surface area (Å²) in [4.78, 5) is 11.3. The van der Waals surface area contributed by atoms with Gasteiger partial charge in [-0.25, -0.2) is 0 Å². The van der Waals surface area contributed by atoms with Crippen LogP contribution in [0.25, 0.3) is 0 Å². The Morgan fingerprint density at radius 3 is 2.75 bits per heavy atom. The van der Waals surface area contributed by atoms with Gasteiger partial charge in [0, 0.05) is 6.54 Å². The lowest BCUT2D eigenvalue weighted by Crippen LogP contribution is -2.52. The third kappa shape index (κ3) is 3.00. The lowest BCUT2D eigenvalue weighted by molar-refractivity contribution is 0.0284. The predicted octanol–water partition coefficient (Wildman–Crippen LogP) is 5.46. The summed E-state index contributed by atoms with van der Waals surface area (Å²) in [6, 6.07) is 7.18. The molecule has 0 bridgehead atoms. The molecule has 132 valence electrons. The number of fused-ring (bicyclic) bond motifs is 3. The lowest BCUT2D eigenvalue weighted by Gasteiger charge is -2.55. The van der Waals surface area contributed by atoms with Gasteiger partial charge in [-0.1, -0.05) is 64.9 Å². The van der Waals surface area contributed by atoms with Crippen molar-refractivity contribution in [3.63, 3.8) is 0 Å². The SMILES string of the molecule is CC(C)c1ccc2c(c1)CC[C@H]1[C@](C)(CNC(=O)S)CCC[C@]21C. The van der Waals surface area contributed by atoms with Crippen LogP contribution in [-0.2, 0) is 11.8 Å². The second-order valence-corrected chi connectivity index (χ2v) is 9.15. The Hall–Kier alpha value is -0.960. The first-order chi connectivity index (χ1) is 11.3. The van der Waals surface area contributed by atoms with E-state index in [2.05, 4.69) is 63.8 Å². The van der Waals surface area contributed by atoms with Gasteiger partial charge < -0.3 is 5.32 Å². The van der Waals surface area contributed by atoms with Gasteiger partial charge in [0.05, 0.1) is 0 Å². The van der Waals surface area contributed by atoms with Crippen molar-refractivity contribution in [1.82, 2.24) is 5.32 Å². The van der Waals surface area contributed by atoms with Crippen LogP contribution in [0.5, 0.6) is 0 Å². The fourth-order valence-corrected chi connectivity index (χ4v) is 5.57. The molecular formula is C21H31NOS. The average Bonchev–Trinajstić information content (AvgIpc) is 2.52. The maximum atomic E-state index is 11.3. The molecule has 0 heterocycles. The van der Waals surface area contributed by atoms with Gasteiger partial charge in [-0.2, -0.15) is 0 Å². The molecule has 2 aliphatic rings. The summed E-state index contributed by atoms with van der Waals surface area (Å²) >= 11 is 3.90. The highest BCUT2D eigenvalue weighted by Gasteiger charge is 2.51. The standard InChI is InChI=1S/C21H31NOS/c1-14(2)15-6-8-17-16(12-15)7-9-18-20(3,13-22-19(23)24)10-5-11-21(17,18)4/h6,8,12,14,18H,5,7,9-11,13H2,1-4H3,(H2,22,23,24)/t18-,20-,21+/m0/s1. The van der Waals surface area contributed by atoms with Gasteiger partial charge in [0.2, 0.25) is 0 Å². The molecule has 3 atom stereocenters. The minimum atomic E-state index is -0.207. The quantitative estimate of drug-likeness (QED) is 0.700. The second-order valence-electron chi connectivity index (χ2n) is 8.75. The molecule has 3 heteroatoms. The summed E-state index contributed by atoms with van der Waals surface area (Å²) in [6.07, 6.45) is 6.08. The molecule has 0 radical (unpaired) electrons. The first-order valence-corrected chi connectivity index (χ1v) is 9.81. The van der Waals surface area contributed by atoms with E-state index in [4.69, 9.17) is 0 Å². The zero-order chi connectivity index (χ0) is 17.5. The number of aryl methyl sites for hydroxylation is 1. The van der Waals surface area contributed by atoms with Crippen LogP contribution in [0, 0.1) is 11.3 Å². The Labute approximate surface area is 152 Å². The van der Waals surface area contributed by atoms with Crippen molar-refractivity contribution >= 4 is 17.9 Å². The Morgan fingerprint density at radius 2 is 2.08 bits per heavy atom. The van der Waals surface area contributed by atoms with Gasteiger partial charge in [-0.15, -0.1) is 0 Å². The molecular weight excluding hydrogens is 314 g/mol. The highest BCUT2D eigenvalue weighted by atomic mass is 32.1. The van der Waals surface area contributed by atoms with Crippen LogP contribution in [0.1, 0.15) is 76.0 Å². The molecule has 24 heavy (non-hydrogen) atoms. The fraction of sp³-hybridized carbons (Fsp3) is 0.667. The highest BCUT2D eigenvalue weighted by molar-refractivity contribution is 7.96. The molecule has 0 unspecified atom stereocenters. The van der Waals surface area contributed by atoms with E-state index in [9.17, 15) is 4.79 Å². The maximum Gasteiger partial charge on any atom is 0.275 e. The third-order valence-electron chi connectivity index (χ3n) is 6.81. The minimum Gasteiger partial charge on any atom is -0.347 e. The summed E-state index contributed by atoms with van der Waals surface area (Å²) in [7, 11) is 0. The van der Waals surface area contributed by atoms with Crippen LogP contribution in [0.4, 0.5) is 4.79 Å². The van der Waals surface area contributed by atoms with Crippen LogP contribution in [-0.4, -0.2) is 11.8 Å². The molecule has 0 aliphatic heterocycles. The van der Waals surface area contributed by atoms with E-state index in [0.29, 0.717) is 11.8 Å². The molecule has 1 amide bonds.